The predicted molar refractivity (Wildman–Crippen MR) is 147 cm³/mol. The molecule has 0 aliphatic carbocycles. The normalized spacial score (nSPS) is 18.7. The van der Waals surface area contributed by atoms with E-state index in [1.807, 2.05) is 24.7 Å². The maximum atomic E-state index is 9.67. The number of hydrogen-bond acceptors (Lipinski definition) is 8. The van der Waals surface area contributed by atoms with Gasteiger partial charge in [0.15, 0.2) is 0 Å². The molecule has 2 bridgehead atoms. The van der Waals surface area contributed by atoms with Crippen molar-refractivity contribution in [1.29, 1.82) is 5.26 Å². The Hall–Kier alpha value is -4.16. The molecule has 4 aromatic heterocycles. The van der Waals surface area contributed by atoms with Crippen molar-refractivity contribution in [3.8, 4) is 23.1 Å². The van der Waals surface area contributed by atoms with Gasteiger partial charge in [0, 0.05) is 67.8 Å². The zero-order chi connectivity index (χ0) is 26.1. The van der Waals surface area contributed by atoms with Gasteiger partial charge in [0.1, 0.15) is 11.9 Å². The SMILES string of the molecule is CCCCNc1cc(-c2ccc(N3CC4CC(C3)N4Cc3ccc(OC)nc3)nc2)c2c(C#N)cnn2c1. The van der Waals surface area contributed by atoms with E-state index in [0.29, 0.717) is 23.5 Å². The standard InChI is InChI=1S/C29H32N8O/c1-3-4-9-31-23-10-26(29-22(12-30)15-34-37(29)17-23)21-6-7-27(32-14-21)35-18-24-11-25(19-35)36(24)16-20-5-8-28(38-2)33-13-20/h5-8,10,13-15,17,24-25,31H,3-4,9,11,16,18-19H2,1-2H3. The Morgan fingerprint density at radius 1 is 1.11 bits per heavy atom. The van der Waals surface area contributed by atoms with Crippen LogP contribution < -0.4 is 15.0 Å². The van der Waals surface area contributed by atoms with Crippen LogP contribution >= 0.6 is 0 Å². The van der Waals surface area contributed by atoms with Gasteiger partial charge >= 0.3 is 0 Å². The Labute approximate surface area is 222 Å². The zero-order valence-corrected chi connectivity index (χ0v) is 21.8. The molecule has 0 saturated carbocycles. The van der Waals surface area contributed by atoms with E-state index in [1.165, 1.54) is 12.0 Å². The van der Waals surface area contributed by atoms with Crippen LogP contribution in [0, 0.1) is 11.3 Å². The molecule has 9 heteroatoms. The molecule has 4 aromatic rings. The monoisotopic (exact) mass is 508 g/mol. The molecule has 3 saturated heterocycles. The van der Waals surface area contributed by atoms with E-state index in [-0.39, 0.29) is 0 Å². The highest BCUT2D eigenvalue weighted by atomic mass is 16.5. The average molecular weight is 509 g/mol. The van der Waals surface area contributed by atoms with Crippen molar-refractivity contribution in [2.24, 2.45) is 0 Å². The quantitative estimate of drug-likeness (QED) is 0.334. The van der Waals surface area contributed by atoms with Crippen molar-refractivity contribution in [3.63, 3.8) is 0 Å². The maximum absolute atomic E-state index is 9.67. The van der Waals surface area contributed by atoms with E-state index in [0.717, 1.165) is 67.2 Å². The zero-order valence-electron chi connectivity index (χ0n) is 21.8. The lowest BCUT2D eigenvalue weighted by Crippen LogP contribution is -2.68. The van der Waals surface area contributed by atoms with Crippen LogP contribution in [0.15, 0.2) is 55.1 Å². The Balaban J connectivity index is 1.18. The van der Waals surface area contributed by atoms with Gasteiger partial charge in [-0.3, -0.25) is 4.90 Å². The maximum Gasteiger partial charge on any atom is 0.212 e. The summed E-state index contributed by atoms with van der Waals surface area (Å²) in [5, 5.41) is 17.6. The molecule has 7 rings (SSSR count). The Kier molecular flexibility index (Phi) is 6.56. The lowest BCUT2D eigenvalue weighted by molar-refractivity contribution is -0.00876. The number of nitrogens with one attached hydrogen (secondary N) is 1. The number of rotatable bonds is 9. The van der Waals surface area contributed by atoms with Crippen LogP contribution in [0.3, 0.4) is 0 Å². The topological polar surface area (TPSA) is 94.6 Å². The molecule has 3 aliphatic heterocycles. The summed E-state index contributed by atoms with van der Waals surface area (Å²) in [5.41, 5.74) is 5.51. The molecule has 0 spiro atoms. The van der Waals surface area contributed by atoms with Gasteiger partial charge in [0.25, 0.3) is 0 Å². The number of piperazine rings is 1. The highest BCUT2D eigenvalue weighted by Crippen LogP contribution is 2.36. The molecule has 1 N–H and O–H groups in total. The van der Waals surface area contributed by atoms with Crippen molar-refractivity contribution in [1.82, 2.24) is 24.5 Å². The fraction of sp³-hybridized carbons (Fsp3) is 0.379. The molecule has 0 aromatic carbocycles. The summed E-state index contributed by atoms with van der Waals surface area (Å²) < 4.78 is 6.98. The molecule has 38 heavy (non-hydrogen) atoms. The number of nitriles is 1. The smallest absolute Gasteiger partial charge is 0.212 e. The van der Waals surface area contributed by atoms with E-state index in [4.69, 9.17) is 9.72 Å². The number of hydrogen-bond donors (Lipinski definition) is 1. The molecule has 0 radical (unpaired) electrons. The summed E-state index contributed by atoms with van der Waals surface area (Å²) in [7, 11) is 1.64. The highest BCUT2D eigenvalue weighted by Gasteiger charge is 2.44. The van der Waals surface area contributed by atoms with Crippen molar-refractivity contribution in [2.75, 3.05) is 37.0 Å². The van der Waals surface area contributed by atoms with E-state index >= 15 is 0 Å². The van der Waals surface area contributed by atoms with E-state index in [2.05, 4.69) is 62.5 Å². The molecule has 194 valence electrons. The number of unbranched alkanes of at least 4 members (excludes halogenated alkanes) is 1. The second-order valence-corrected chi connectivity index (χ2v) is 10.1. The van der Waals surface area contributed by atoms with Gasteiger partial charge in [-0.25, -0.2) is 14.5 Å². The third-order valence-corrected chi connectivity index (χ3v) is 7.69. The molecule has 3 aliphatic rings. The van der Waals surface area contributed by atoms with Crippen molar-refractivity contribution in [2.45, 2.75) is 44.8 Å². The second-order valence-electron chi connectivity index (χ2n) is 10.1. The summed E-state index contributed by atoms with van der Waals surface area (Å²) >= 11 is 0. The van der Waals surface area contributed by atoms with Crippen LogP contribution in [-0.2, 0) is 6.54 Å². The summed E-state index contributed by atoms with van der Waals surface area (Å²) in [6.07, 6.45) is 10.9. The van der Waals surface area contributed by atoms with Gasteiger partial charge in [-0.1, -0.05) is 19.4 Å². The number of pyridine rings is 3. The van der Waals surface area contributed by atoms with E-state index in [1.54, 1.807) is 17.8 Å². The molecular formula is C29H32N8O. The first kappa shape index (κ1) is 24.2. The summed E-state index contributed by atoms with van der Waals surface area (Å²) in [6.45, 7) is 5.92. The first-order valence-corrected chi connectivity index (χ1v) is 13.3. The first-order valence-electron chi connectivity index (χ1n) is 13.3. The minimum atomic E-state index is 0.521. The number of ether oxygens (including phenoxy) is 1. The number of anilines is 2. The molecule has 7 heterocycles. The van der Waals surface area contributed by atoms with E-state index < -0.39 is 0 Å². The van der Waals surface area contributed by atoms with E-state index in [9.17, 15) is 5.26 Å². The van der Waals surface area contributed by atoms with Gasteiger partial charge < -0.3 is 15.0 Å². The Bertz CT molecular complexity index is 1450. The van der Waals surface area contributed by atoms with Crippen LogP contribution in [0.5, 0.6) is 5.88 Å². The molecule has 0 amide bonds. The third kappa shape index (κ3) is 4.52. The van der Waals surface area contributed by atoms with Crippen LogP contribution in [-0.4, -0.2) is 63.3 Å². The average Bonchev–Trinajstić information content (AvgIpc) is 3.39. The first-order chi connectivity index (χ1) is 18.7. The van der Waals surface area contributed by atoms with Crippen LogP contribution in [0.25, 0.3) is 16.6 Å². The predicted octanol–water partition coefficient (Wildman–Crippen LogP) is 4.35. The summed E-state index contributed by atoms with van der Waals surface area (Å²) in [4.78, 5) is 14.2. The van der Waals surface area contributed by atoms with Crippen LogP contribution in [0.2, 0.25) is 0 Å². The van der Waals surface area contributed by atoms with Crippen molar-refractivity contribution >= 4 is 17.0 Å². The second kappa shape index (κ2) is 10.3. The molecule has 9 nitrogen and oxygen atoms in total. The number of fused-ring (bicyclic) bond motifs is 3. The lowest BCUT2D eigenvalue weighted by atomic mass is 9.87. The Morgan fingerprint density at radius 2 is 1.97 bits per heavy atom. The molecule has 3 fully saturated rings. The number of aromatic nitrogens is 4. The van der Waals surface area contributed by atoms with Gasteiger partial charge in [0.05, 0.1) is 36.3 Å². The molecular weight excluding hydrogens is 476 g/mol. The van der Waals surface area contributed by atoms with Gasteiger partial charge in [0.2, 0.25) is 5.88 Å². The van der Waals surface area contributed by atoms with Crippen LogP contribution in [0.1, 0.15) is 37.3 Å². The third-order valence-electron chi connectivity index (χ3n) is 7.69. The summed E-state index contributed by atoms with van der Waals surface area (Å²) in [5.74, 6) is 1.65. The van der Waals surface area contributed by atoms with Gasteiger partial charge in [-0.05, 0) is 36.6 Å². The number of piperidine rings is 1. The highest BCUT2D eigenvalue weighted by molar-refractivity contribution is 5.86. The Morgan fingerprint density at radius 3 is 2.66 bits per heavy atom. The largest absolute Gasteiger partial charge is 0.481 e. The molecule has 2 unspecified atom stereocenters. The van der Waals surface area contributed by atoms with Gasteiger partial charge in [-0.15, -0.1) is 0 Å². The summed E-state index contributed by atoms with van der Waals surface area (Å²) in [6, 6.07) is 13.7. The fourth-order valence-electron chi connectivity index (χ4n) is 5.63. The number of methoxy groups -OCH3 is 1. The van der Waals surface area contributed by atoms with Gasteiger partial charge in [-0.2, -0.15) is 10.4 Å². The lowest BCUT2D eigenvalue weighted by Gasteiger charge is -2.56. The van der Waals surface area contributed by atoms with Crippen molar-refractivity contribution in [3.05, 3.63) is 66.2 Å². The minimum absolute atomic E-state index is 0.521. The molecule has 2 atom stereocenters. The van der Waals surface area contributed by atoms with Crippen molar-refractivity contribution < 1.29 is 4.74 Å². The number of nitrogens with zero attached hydrogens (tertiary/aromatic N) is 7. The van der Waals surface area contributed by atoms with Crippen LogP contribution in [0.4, 0.5) is 11.5 Å². The minimum Gasteiger partial charge on any atom is -0.481 e. The fourth-order valence-corrected chi connectivity index (χ4v) is 5.63.